The van der Waals surface area contributed by atoms with Gasteiger partial charge in [0.2, 0.25) is 5.60 Å². The van der Waals surface area contributed by atoms with Crippen LogP contribution in [0.3, 0.4) is 0 Å². The Morgan fingerprint density at radius 3 is 2.47 bits per heavy atom. The zero-order valence-electron chi connectivity index (χ0n) is 18.2. The molecule has 1 unspecified atom stereocenters. The molecule has 0 aliphatic carbocycles. The number of carbonyl (C=O) groups is 1. The lowest BCUT2D eigenvalue weighted by molar-refractivity contribution is -0.200. The molecular formula is C26H21N3O5. The third-order valence-electron chi connectivity index (χ3n) is 8.32. The van der Waals surface area contributed by atoms with E-state index in [1.54, 1.807) is 6.92 Å². The Balaban J connectivity index is 1.76. The van der Waals surface area contributed by atoms with Crippen molar-refractivity contribution < 1.29 is 24.9 Å². The summed E-state index contributed by atoms with van der Waals surface area (Å²) in [6, 6.07) is 15.7. The van der Waals surface area contributed by atoms with Gasteiger partial charge in [0.25, 0.3) is 0 Å². The molecule has 170 valence electrons. The fourth-order valence-electron chi connectivity index (χ4n) is 6.87. The van der Waals surface area contributed by atoms with Gasteiger partial charge in [-0.3, -0.25) is 5.32 Å². The first-order valence-electron chi connectivity index (χ1n) is 11.4. The lowest BCUT2D eigenvalue weighted by atomic mass is 9.89. The van der Waals surface area contributed by atoms with E-state index in [1.165, 1.54) is 0 Å². The summed E-state index contributed by atoms with van der Waals surface area (Å²) in [4.78, 5) is 12.6. The summed E-state index contributed by atoms with van der Waals surface area (Å²) in [5, 5.41) is 39.9. The van der Waals surface area contributed by atoms with Gasteiger partial charge >= 0.3 is 5.97 Å². The van der Waals surface area contributed by atoms with E-state index in [1.807, 2.05) is 57.7 Å². The summed E-state index contributed by atoms with van der Waals surface area (Å²) in [5.41, 5.74) is 1.56. The van der Waals surface area contributed by atoms with Gasteiger partial charge in [-0.1, -0.05) is 36.4 Å². The maximum atomic E-state index is 12.6. The van der Waals surface area contributed by atoms with Crippen LogP contribution in [-0.2, 0) is 21.8 Å². The highest BCUT2D eigenvalue weighted by Gasteiger charge is 2.65. The smallest absolute Gasteiger partial charge is 0.341 e. The van der Waals surface area contributed by atoms with Crippen LogP contribution in [0.25, 0.3) is 43.6 Å². The molecule has 4 atom stereocenters. The van der Waals surface area contributed by atoms with Gasteiger partial charge in [0, 0.05) is 40.1 Å². The number of aliphatic carboxylic acids is 1. The lowest BCUT2D eigenvalue weighted by Gasteiger charge is -2.36. The number of nitrogens with zero attached hydrogens (tertiary/aromatic N) is 2. The standard InChI is InChI=1S/C26H21N3O5/c1-25-26(33,24(31)32)10-17(34-25)28-15-8-4-2-6-12(15)19-20-14(11-27-23(20)30)18-13-7-3-5-9-16(13)29(25)22(18)21(19)28/h2-9,17,23,27,30,33H,10-11H2,1H3,(H,31,32)/t17-,23?,25+,26+/m1/s1. The molecule has 2 aromatic heterocycles. The van der Waals surface area contributed by atoms with Crippen LogP contribution in [0, 0.1) is 0 Å². The van der Waals surface area contributed by atoms with Crippen molar-refractivity contribution in [3.8, 4) is 0 Å². The van der Waals surface area contributed by atoms with E-state index in [2.05, 4.69) is 5.32 Å². The Bertz CT molecular complexity index is 1770. The molecule has 4 N–H and O–H groups in total. The van der Waals surface area contributed by atoms with E-state index in [0.717, 1.165) is 54.7 Å². The molecule has 0 spiro atoms. The van der Waals surface area contributed by atoms with E-state index in [4.69, 9.17) is 4.74 Å². The topological polar surface area (TPSA) is 109 Å². The summed E-state index contributed by atoms with van der Waals surface area (Å²) < 4.78 is 10.5. The predicted octanol–water partition coefficient (Wildman–Crippen LogP) is 3.42. The van der Waals surface area contributed by atoms with Crippen molar-refractivity contribution in [3.63, 3.8) is 0 Å². The Morgan fingerprint density at radius 2 is 1.74 bits per heavy atom. The number of aromatic nitrogens is 2. The molecule has 1 saturated heterocycles. The van der Waals surface area contributed by atoms with E-state index in [-0.39, 0.29) is 6.42 Å². The van der Waals surface area contributed by atoms with Crippen LogP contribution >= 0.6 is 0 Å². The minimum Gasteiger partial charge on any atom is -0.479 e. The molecule has 3 aliphatic heterocycles. The van der Waals surface area contributed by atoms with Crippen molar-refractivity contribution in [2.45, 2.75) is 43.7 Å². The molecule has 3 aromatic carbocycles. The molecule has 0 saturated carbocycles. The van der Waals surface area contributed by atoms with E-state index in [0.29, 0.717) is 6.54 Å². The number of fused-ring (bicyclic) bond motifs is 13. The van der Waals surface area contributed by atoms with Crippen LogP contribution in [0.15, 0.2) is 48.5 Å². The number of nitrogens with one attached hydrogen (secondary N) is 1. The van der Waals surface area contributed by atoms with Gasteiger partial charge in [-0.05, 0) is 24.6 Å². The van der Waals surface area contributed by atoms with Crippen LogP contribution in [0.2, 0.25) is 0 Å². The molecule has 0 amide bonds. The van der Waals surface area contributed by atoms with E-state index >= 15 is 0 Å². The number of carboxylic acids is 1. The van der Waals surface area contributed by atoms with Crippen molar-refractivity contribution in [1.29, 1.82) is 0 Å². The maximum Gasteiger partial charge on any atom is 0.341 e. The van der Waals surface area contributed by atoms with E-state index in [9.17, 15) is 20.1 Å². The number of carboxylic acid groups (broad SMARTS) is 1. The number of aliphatic hydroxyl groups is 2. The number of rotatable bonds is 1. The molecule has 8 rings (SSSR count). The molecule has 8 heteroatoms. The molecule has 5 heterocycles. The Morgan fingerprint density at radius 1 is 1.06 bits per heavy atom. The normalized spacial score (nSPS) is 29.6. The molecule has 8 nitrogen and oxygen atoms in total. The summed E-state index contributed by atoms with van der Waals surface area (Å²) in [6.45, 7) is 2.16. The summed E-state index contributed by atoms with van der Waals surface area (Å²) in [5.74, 6) is -1.31. The first kappa shape index (κ1) is 18.9. The van der Waals surface area contributed by atoms with Gasteiger partial charge in [0.05, 0.1) is 22.1 Å². The van der Waals surface area contributed by atoms with Gasteiger partial charge in [0.1, 0.15) is 12.5 Å². The summed E-state index contributed by atoms with van der Waals surface area (Å²) in [6.07, 6.45) is -1.61. The van der Waals surface area contributed by atoms with Gasteiger partial charge in [-0.25, -0.2) is 4.79 Å². The minimum absolute atomic E-state index is 0.0993. The number of hydrogen-bond acceptors (Lipinski definition) is 5. The largest absolute Gasteiger partial charge is 0.479 e. The molecule has 34 heavy (non-hydrogen) atoms. The SMILES string of the molecule is C[C@]12O[C@H](C[C@]1(O)C(=O)O)n1c3ccccc3c3c4c(c5c6ccccc6n2c5c31)CNC4O. The van der Waals surface area contributed by atoms with E-state index < -0.39 is 29.8 Å². The molecule has 5 aromatic rings. The van der Waals surface area contributed by atoms with Crippen molar-refractivity contribution >= 4 is 49.6 Å². The van der Waals surface area contributed by atoms with Gasteiger partial charge in [-0.15, -0.1) is 0 Å². The number of hydrogen-bond donors (Lipinski definition) is 4. The van der Waals surface area contributed by atoms with Gasteiger partial charge < -0.3 is 29.2 Å². The highest BCUT2D eigenvalue weighted by molar-refractivity contribution is 6.25. The van der Waals surface area contributed by atoms with Crippen LogP contribution in [0.1, 0.15) is 36.9 Å². The van der Waals surface area contributed by atoms with Crippen molar-refractivity contribution in [3.05, 3.63) is 59.7 Å². The summed E-state index contributed by atoms with van der Waals surface area (Å²) in [7, 11) is 0. The summed E-state index contributed by atoms with van der Waals surface area (Å²) >= 11 is 0. The quantitative estimate of drug-likeness (QED) is 0.309. The Labute approximate surface area is 192 Å². The number of aliphatic hydroxyl groups excluding tert-OH is 1. The van der Waals surface area contributed by atoms with Gasteiger partial charge in [-0.2, -0.15) is 0 Å². The van der Waals surface area contributed by atoms with Crippen molar-refractivity contribution in [1.82, 2.24) is 14.5 Å². The third kappa shape index (κ3) is 1.78. The molecule has 0 radical (unpaired) electrons. The Kier molecular flexibility index (Phi) is 3.13. The average molecular weight is 455 g/mol. The maximum absolute atomic E-state index is 12.6. The average Bonchev–Trinajstić information content (AvgIpc) is 3.51. The second-order valence-corrected chi connectivity index (χ2v) is 9.79. The third-order valence-corrected chi connectivity index (χ3v) is 8.32. The molecule has 2 bridgehead atoms. The first-order chi connectivity index (χ1) is 16.4. The lowest BCUT2D eigenvalue weighted by Crippen LogP contribution is -2.55. The highest BCUT2D eigenvalue weighted by Crippen LogP contribution is 2.58. The predicted molar refractivity (Wildman–Crippen MR) is 125 cm³/mol. The second-order valence-electron chi connectivity index (χ2n) is 9.79. The minimum atomic E-state index is -2.14. The number of ether oxygens (including phenoxy) is 1. The van der Waals surface area contributed by atoms with Crippen molar-refractivity contribution in [2.24, 2.45) is 0 Å². The van der Waals surface area contributed by atoms with Crippen LogP contribution in [0.4, 0.5) is 0 Å². The molecule has 3 aliphatic rings. The molecular weight excluding hydrogens is 434 g/mol. The fourth-order valence-corrected chi connectivity index (χ4v) is 6.87. The van der Waals surface area contributed by atoms with Crippen LogP contribution in [0.5, 0.6) is 0 Å². The first-order valence-corrected chi connectivity index (χ1v) is 11.4. The monoisotopic (exact) mass is 455 g/mol. The number of para-hydroxylation sites is 2. The zero-order valence-corrected chi connectivity index (χ0v) is 18.2. The van der Waals surface area contributed by atoms with Crippen LogP contribution < -0.4 is 5.32 Å². The fraction of sp³-hybridized carbons (Fsp3) is 0.269. The van der Waals surface area contributed by atoms with Gasteiger partial charge in [0.15, 0.2) is 5.72 Å². The highest BCUT2D eigenvalue weighted by atomic mass is 16.6. The molecule has 1 fully saturated rings. The number of benzene rings is 3. The second kappa shape index (κ2) is 5.61. The van der Waals surface area contributed by atoms with Crippen molar-refractivity contribution in [2.75, 3.05) is 0 Å². The van der Waals surface area contributed by atoms with Crippen LogP contribution in [-0.4, -0.2) is 36.0 Å². The Hall–Kier alpha value is -3.43. The zero-order chi connectivity index (χ0) is 23.1.